The molecule has 1 aliphatic carbocycles. The van der Waals surface area contributed by atoms with E-state index < -0.39 is 5.97 Å². The van der Waals surface area contributed by atoms with Crippen molar-refractivity contribution in [3.8, 4) is 0 Å². The molecule has 1 heterocycles. The smallest absolute Gasteiger partial charge is 0.303 e. The topological polar surface area (TPSA) is 43.8 Å². The minimum Gasteiger partial charge on any atom is -0.481 e. The Morgan fingerprint density at radius 1 is 1.06 bits per heavy atom. The zero-order valence-corrected chi connectivity index (χ0v) is 11.3. The first-order valence-corrected chi connectivity index (χ1v) is 7.44. The lowest BCUT2D eigenvalue weighted by Crippen LogP contribution is -2.49. The summed E-state index contributed by atoms with van der Waals surface area (Å²) in [6.07, 6.45) is 7.80. The highest BCUT2D eigenvalue weighted by atomic mass is 16.4. The first-order valence-electron chi connectivity index (χ1n) is 7.44. The standard InChI is InChI=1S/C14H26N2O2/c17-14(18)7-3-4-8-15-9-11-16(12-10-15)13-5-1-2-6-13/h13H,1-12H2,(H,17,18). The molecule has 0 unspecified atom stereocenters. The highest BCUT2D eigenvalue weighted by molar-refractivity contribution is 5.66. The Morgan fingerprint density at radius 3 is 2.33 bits per heavy atom. The third-order valence-corrected chi connectivity index (χ3v) is 4.36. The Bertz CT molecular complexity index is 257. The largest absolute Gasteiger partial charge is 0.481 e. The van der Waals surface area contributed by atoms with Crippen LogP contribution in [-0.2, 0) is 4.79 Å². The summed E-state index contributed by atoms with van der Waals surface area (Å²) in [5.41, 5.74) is 0. The SMILES string of the molecule is O=C(O)CCCCN1CCN(C2CCCC2)CC1. The highest BCUT2D eigenvalue weighted by Gasteiger charge is 2.25. The molecule has 1 N–H and O–H groups in total. The summed E-state index contributed by atoms with van der Waals surface area (Å²) in [4.78, 5) is 15.6. The molecule has 0 aromatic carbocycles. The lowest BCUT2D eigenvalue weighted by molar-refractivity contribution is -0.137. The van der Waals surface area contributed by atoms with Gasteiger partial charge in [-0.05, 0) is 32.2 Å². The van der Waals surface area contributed by atoms with Crippen LogP contribution in [0.4, 0.5) is 0 Å². The van der Waals surface area contributed by atoms with Crippen molar-refractivity contribution in [1.29, 1.82) is 0 Å². The van der Waals surface area contributed by atoms with Crippen molar-refractivity contribution >= 4 is 5.97 Å². The normalized spacial score (nSPS) is 23.6. The third kappa shape index (κ3) is 4.25. The Labute approximate surface area is 110 Å². The molecule has 0 atom stereocenters. The molecule has 1 saturated carbocycles. The molecule has 2 rings (SSSR count). The van der Waals surface area contributed by atoms with Gasteiger partial charge in [0.05, 0.1) is 0 Å². The van der Waals surface area contributed by atoms with E-state index in [0.29, 0.717) is 6.42 Å². The Balaban J connectivity index is 1.57. The summed E-state index contributed by atoms with van der Waals surface area (Å²) < 4.78 is 0. The number of carbonyl (C=O) groups is 1. The predicted molar refractivity (Wildman–Crippen MR) is 71.8 cm³/mol. The van der Waals surface area contributed by atoms with Gasteiger partial charge in [0.15, 0.2) is 0 Å². The summed E-state index contributed by atoms with van der Waals surface area (Å²) >= 11 is 0. The zero-order chi connectivity index (χ0) is 12.8. The van der Waals surface area contributed by atoms with Crippen LogP contribution in [0.1, 0.15) is 44.9 Å². The van der Waals surface area contributed by atoms with E-state index in [2.05, 4.69) is 9.80 Å². The van der Waals surface area contributed by atoms with Crippen molar-refractivity contribution in [3.63, 3.8) is 0 Å². The number of carboxylic acids is 1. The summed E-state index contributed by atoms with van der Waals surface area (Å²) in [7, 11) is 0. The van der Waals surface area contributed by atoms with Crippen LogP contribution < -0.4 is 0 Å². The van der Waals surface area contributed by atoms with Crippen LogP contribution in [0.25, 0.3) is 0 Å². The van der Waals surface area contributed by atoms with E-state index in [9.17, 15) is 4.79 Å². The minimum atomic E-state index is -0.666. The molecule has 0 spiro atoms. The number of piperazine rings is 1. The lowest BCUT2D eigenvalue weighted by Gasteiger charge is -2.38. The van der Waals surface area contributed by atoms with Crippen LogP contribution in [0, 0.1) is 0 Å². The Kier molecular flexibility index (Phi) is 5.45. The van der Waals surface area contributed by atoms with Crippen molar-refractivity contribution in [2.24, 2.45) is 0 Å². The van der Waals surface area contributed by atoms with Crippen LogP contribution in [0.5, 0.6) is 0 Å². The maximum atomic E-state index is 10.4. The van der Waals surface area contributed by atoms with Gasteiger partial charge in [-0.1, -0.05) is 12.8 Å². The molecule has 4 heteroatoms. The molecule has 0 amide bonds. The molecular formula is C14H26N2O2. The summed E-state index contributed by atoms with van der Waals surface area (Å²) in [6.45, 7) is 5.84. The lowest BCUT2D eigenvalue weighted by atomic mass is 10.1. The van der Waals surface area contributed by atoms with Crippen LogP contribution in [0.3, 0.4) is 0 Å². The first kappa shape index (κ1) is 13.8. The number of nitrogens with zero attached hydrogens (tertiary/aromatic N) is 2. The average Bonchev–Trinajstić information content (AvgIpc) is 2.89. The monoisotopic (exact) mass is 254 g/mol. The fraction of sp³-hybridized carbons (Fsp3) is 0.929. The molecule has 104 valence electrons. The molecule has 0 bridgehead atoms. The van der Waals surface area contributed by atoms with E-state index in [0.717, 1.165) is 25.4 Å². The van der Waals surface area contributed by atoms with Gasteiger partial charge in [-0.15, -0.1) is 0 Å². The zero-order valence-electron chi connectivity index (χ0n) is 11.3. The molecular weight excluding hydrogens is 228 g/mol. The molecule has 2 fully saturated rings. The van der Waals surface area contributed by atoms with E-state index in [1.807, 2.05) is 0 Å². The summed E-state index contributed by atoms with van der Waals surface area (Å²) in [5.74, 6) is -0.666. The molecule has 18 heavy (non-hydrogen) atoms. The average molecular weight is 254 g/mol. The van der Waals surface area contributed by atoms with Crippen molar-refractivity contribution in [2.75, 3.05) is 32.7 Å². The van der Waals surface area contributed by atoms with Crippen molar-refractivity contribution in [3.05, 3.63) is 0 Å². The maximum Gasteiger partial charge on any atom is 0.303 e. The van der Waals surface area contributed by atoms with E-state index >= 15 is 0 Å². The van der Waals surface area contributed by atoms with Crippen molar-refractivity contribution in [2.45, 2.75) is 51.0 Å². The van der Waals surface area contributed by atoms with Gasteiger partial charge in [0.25, 0.3) is 0 Å². The highest BCUT2D eigenvalue weighted by Crippen LogP contribution is 2.24. The van der Waals surface area contributed by atoms with Gasteiger partial charge in [-0.3, -0.25) is 9.69 Å². The number of carboxylic acid groups (broad SMARTS) is 1. The molecule has 0 radical (unpaired) electrons. The number of rotatable bonds is 6. The maximum absolute atomic E-state index is 10.4. The minimum absolute atomic E-state index is 0.321. The van der Waals surface area contributed by atoms with E-state index in [1.165, 1.54) is 51.9 Å². The second kappa shape index (κ2) is 7.10. The van der Waals surface area contributed by atoms with Crippen LogP contribution in [0.2, 0.25) is 0 Å². The van der Waals surface area contributed by atoms with E-state index in [4.69, 9.17) is 5.11 Å². The Morgan fingerprint density at radius 2 is 1.72 bits per heavy atom. The van der Waals surface area contributed by atoms with Gasteiger partial charge in [-0.2, -0.15) is 0 Å². The molecule has 0 aromatic rings. The molecule has 0 aromatic heterocycles. The van der Waals surface area contributed by atoms with E-state index in [1.54, 1.807) is 0 Å². The number of hydrogen-bond donors (Lipinski definition) is 1. The van der Waals surface area contributed by atoms with Crippen molar-refractivity contribution in [1.82, 2.24) is 9.80 Å². The number of hydrogen-bond acceptors (Lipinski definition) is 3. The van der Waals surface area contributed by atoms with Gasteiger partial charge >= 0.3 is 5.97 Å². The molecule has 2 aliphatic rings. The van der Waals surface area contributed by atoms with Gasteiger partial charge in [0.1, 0.15) is 0 Å². The fourth-order valence-corrected chi connectivity index (χ4v) is 3.23. The second-order valence-electron chi connectivity index (χ2n) is 5.67. The summed E-state index contributed by atoms with van der Waals surface area (Å²) in [6, 6.07) is 0.860. The Hall–Kier alpha value is -0.610. The van der Waals surface area contributed by atoms with E-state index in [-0.39, 0.29) is 0 Å². The van der Waals surface area contributed by atoms with Gasteiger partial charge in [0.2, 0.25) is 0 Å². The number of unbranched alkanes of at least 4 members (excludes halogenated alkanes) is 1. The first-order chi connectivity index (χ1) is 8.75. The fourth-order valence-electron chi connectivity index (χ4n) is 3.23. The van der Waals surface area contributed by atoms with Crippen molar-refractivity contribution < 1.29 is 9.90 Å². The second-order valence-corrected chi connectivity index (χ2v) is 5.67. The summed E-state index contributed by atoms with van der Waals surface area (Å²) in [5, 5.41) is 8.59. The van der Waals surface area contributed by atoms with Crippen LogP contribution in [-0.4, -0.2) is 59.6 Å². The van der Waals surface area contributed by atoms with Gasteiger partial charge in [-0.25, -0.2) is 0 Å². The third-order valence-electron chi connectivity index (χ3n) is 4.36. The van der Waals surface area contributed by atoms with Gasteiger partial charge < -0.3 is 10.0 Å². The molecule has 4 nitrogen and oxygen atoms in total. The molecule has 1 saturated heterocycles. The molecule has 1 aliphatic heterocycles. The quantitative estimate of drug-likeness (QED) is 0.734. The number of aliphatic carboxylic acids is 1. The van der Waals surface area contributed by atoms with Gasteiger partial charge in [0, 0.05) is 38.6 Å². The van der Waals surface area contributed by atoms with Crippen LogP contribution >= 0.6 is 0 Å². The van der Waals surface area contributed by atoms with Crippen LogP contribution in [0.15, 0.2) is 0 Å². The predicted octanol–water partition coefficient (Wildman–Crippen LogP) is 1.80.